The number of benzene rings is 1. The van der Waals surface area contributed by atoms with Crippen molar-refractivity contribution in [3.8, 4) is 0 Å². The second kappa shape index (κ2) is 3.69. The molecule has 0 aliphatic heterocycles. The zero-order valence-corrected chi connectivity index (χ0v) is 8.61. The van der Waals surface area contributed by atoms with Crippen molar-refractivity contribution in [3.05, 3.63) is 45.6 Å². The minimum atomic E-state index is -4.30. The monoisotopic (exact) mass is 297 g/mol. The van der Waals surface area contributed by atoms with E-state index in [-0.39, 0.29) is 3.57 Å². The van der Waals surface area contributed by atoms with Gasteiger partial charge in [0.2, 0.25) is 0 Å². The fourth-order valence-corrected chi connectivity index (χ4v) is 1.49. The Kier molecular flexibility index (Phi) is 3.00. The fraction of sp³-hybridized carbons (Fsp3) is 0.111. The van der Waals surface area contributed by atoms with E-state index >= 15 is 0 Å². The lowest BCUT2D eigenvalue weighted by Gasteiger charge is -2.09. The van der Waals surface area contributed by atoms with Crippen LogP contribution >= 0.6 is 22.6 Å². The Morgan fingerprint density at radius 3 is 2.38 bits per heavy atom. The highest BCUT2D eigenvalue weighted by Gasteiger charge is 2.32. The van der Waals surface area contributed by atoms with Crippen molar-refractivity contribution in [1.29, 1.82) is 0 Å². The smallest absolute Gasteiger partial charge is 0.166 e. The normalized spacial score (nSPS) is 11.4. The number of hydrogen-bond donors (Lipinski definition) is 0. The third kappa shape index (κ3) is 2.46. The molecule has 0 aliphatic carbocycles. The van der Waals surface area contributed by atoms with Gasteiger partial charge in [0.1, 0.15) is 0 Å². The maximum atomic E-state index is 12.3. The summed E-state index contributed by atoms with van der Waals surface area (Å²) < 4.78 is 37.1. The van der Waals surface area contributed by atoms with E-state index in [9.17, 15) is 13.2 Å². The Bertz CT molecular complexity index is 328. The minimum Gasteiger partial charge on any atom is -0.166 e. The van der Waals surface area contributed by atoms with Crippen LogP contribution in [-0.2, 0) is 6.18 Å². The predicted molar refractivity (Wildman–Crippen MR) is 52.1 cm³/mol. The summed E-state index contributed by atoms with van der Waals surface area (Å²) in [5.74, 6) is 0. The third-order valence-electron chi connectivity index (χ3n) is 1.48. The van der Waals surface area contributed by atoms with Crippen molar-refractivity contribution in [2.45, 2.75) is 6.18 Å². The molecule has 0 saturated heterocycles. The fourth-order valence-electron chi connectivity index (χ4n) is 0.852. The van der Waals surface area contributed by atoms with Gasteiger partial charge in [-0.3, -0.25) is 0 Å². The van der Waals surface area contributed by atoms with E-state index in [0.29, 0.717) is 5.56 Å². The molecule has 0 aliphatic rings. The molecule has 13 heavy (non-hydrogen) atoms. The van der Waals surface area contributed by atoms with E-state index in [0.717, 1.165) is 6.07 Å². The summed E-state index contributed by atoms with van der Waals surface area (Å²) in [5.41, 5.74) is -0.283. The number of alkyl halides is 3. The summed E-state index contributed by atoms with van der Waals surface area (Å²) in [6.45, 7) is 3.29. The largest absolute Gasteiger partial charge is 0.417 e. The molecule has 1 rings (SSSR count). The van der Waals surface area contributed by atoms with Gasteiger partial charge < -0.3 is 0 Å². The summed E-state index contributed by atoms with van der Waals surface area (Å²) in [6, 6.07) is 3.98. The molecule has 0 saturated carbocycles. The number of hydrogen-bond acceptors (Lipinski definition) is 0. The third-order valence-corrected chi connectivity index (χ3v) is 2.42. The Morgan fingerprint density at radius 1 is 1.31 bits per heavy atom. The van der Waals surface area contributed by atoms with E-state index in [1.54, 1.807) is 28.7 Å². The molecule has 4 heteroatoms. The lowest BCUT2D eigenvalue weighted by atomic mass is 10.1. The summed E-state index contributed by atoms with van der Waals surface area (Å²) in [7, 11) is 0. The Labute approximate surface area is 87.6 Å². The molecular weight excluding hydrogens is 292 g/mol. The van der Waals surface area contributed by atoms with Crippen LogP contribution in [0.15, 0.2) is 24.8 Å². The summed E-state index contributed by atoms with van der Waals surface area (Å²) in [6.07, 6.45) is -1.89. The molecular formula is C9H5F3I. The highest BCUT2D eigenvalue weighted by Crippen LogP contribution is 2.33. The molecule has 0 fully saturated rings. The standard InChI is InChI=1S/C9H5F3I/c1-2-6-3-4-8(13)7(5-6)9(10,11)12/h3-5H,1H2. The lowest BCUT2D eigenvalue weighted by molar-refractivity contribution is -0.138. The summed E-state index contributed by atoms with van der Waals surface area (Å²) in [5, 5.41) is 0. The SMILES string of the molecule is C=[C]c1ccc(I)c(C(F)(F)F)c1. The highest BCUT2D eigenvalue weighted by atomic mass is 127. The van der Waals surface area contributed by atoms with E-state index in [4.69, 9.17) is 0 Å². The Hall–Kier alpha value is -0.520. The molecule has 0 atom stereocenters. The predicted octanol–water partition coefficient (Wildman–Crippen LogP) is 3.65. The van der Waals surface area contributed by atoms with Gasteiger partial charge in [-0.1, -0.05) is 12.6 Å². The van der Waals surface area contributed by atoms with Crippen LogP contribution in [0.25, 0.3) is 0 Å². The molecule has 0 spiro atoms. The maximum Gasteiger partial charge on any atom is 0.417 e. The van der Waals surface area contributed by atoms with Crippen LogP contribution < -0.4 is 0 Å². The van der Waals surface area contributed by atoms with Gasteiger partial charge in [-0.15, -0.1) is 0 Å². The Morgan fingerprint density at radius 2 is 1.92 bits per heavy atom. The average molecular weight is 297 g/mol. The topological polar surface area (TPSA) is 0 Å². The second-order valence-corrected chi connectivity index (χ2v) is 3.53. The van der Waals surface area contributed by atoms with Crippen molar-refractivity contribution in [1.82, 2.24) is 0 Å². The first-order chi connectivity index (χ1) is 5.95. The zero-order valence-electron chi connectivity index (χ0n) is 6.45. The number of rotatable bonds is 1. The molecule has 0 heterocycles. The zero-order chi connectivity index (χ0) is 10.1. The number of halogens is 4. The van der Waals surface area contributed by atoms with E-state index in [1.807, 2.05) is 0 Å². The van der Waals surface area contributed by atoms with Gasteiger partial charge in [-0.2, -0.15) is 13.2 Å². The molecule has 1 radical (unpaired) electrons. The van der Waals surface area contributed by atoms with Gasteiger partial charge >= 0.3 is 6.18 Å². The van der Waals surface area contributed by atoms with Gasteiger partial charge in [-0.05, 0) is 46.4 Å². The van der Waals surface area contributed by atoms with E-state index < -0.39 is 11.7 Å². The van der Waals surface area contributed by atoms with Gasteiger partial charge in [0.05, 0.1) is 5.56 Å². The first-order valence-corrected chi connectivity index (χ1v) is 4.43. The minimum absolute atomic E-state index is 0.184. The molecule has 69 valence electrons. The van der Waals surface area contributed by atoms with Gasteiger partial charge in [0, 0.05) is 3.57 Å². The first-order valence-electron chi connectivity index (χ1n) is 3.35. The van der Waals surface area contributed by atoms with Crippen LogP contribution in [0, 0.1) is 9.65 Å². The molecule has 0 amide bonds. The van der Waals surface area contributed by atoms with Crippen LogP contribution in [0.2, 0.25) is 0 Å². The summed E-state index contributed by atoms with van der Waals surface area (Å²) >= 11 is 1.65. The average Bonchev–Trinajstić information content (AvgIpc) is 2.03. The molecule has 0 nitrogen and oxygen atoms in total. The second-order valence-electron chi connectivity index (χ2n) is 2.37. The van der Waals surface area contributed by atoms with Crippen LogP contribution in [0.5, 0.6) is 0 Å². The summed E-state index contributed by atoms with van der Waals surface area (Å²) in [4.78, 5) is 0. The van der Waals surface area contributed by atoms with Crippen molar-refractivity contribution in [3.63, 3.8) is 0 Å². The van der Waals surface area contributed by atoms with Gasteiger partial charge in [0.25, 0.3) is 0 Å². The van der Waals surface area contributed by atoms with Crippen LogP contribution in [-0.4, -0.2) is 0 Å². The van der Waals surface area contributed by atoms with Crippen molar-refractivity contribution >= 4 is 22.6 Å². The first kappa shape index (κ1) is 10.6. The van der Waals surface area contributed by atoms with E-state index in [2.05, 4.69) is 12.7 Å². The lowest BCUT2D eigenvalue weighted by Crippen LogP contribution is -2.07. The Balaban J connectivity index is 3.27. The molecule has 0 bridgehead atoms. The quantitative estimate of drug-likeness (QED) is 0.694. The molecule has 1 aromatic carbocycles. The molecule has 0 aromatic heterocycles. The molecule has 1 aromatic rings. The highest BCUT2D eigenvalue weighted by molar-refractivity contribution is 14.1. The maximum absolute atomic E-state index is 12.3. The van der Waals surface area contributed by atoms with E-state index in [1.165, 1.54) is 6.07 Å². The van der Waals surface area contributed by atoms with Crippen LogP contribution in [0.3, 0.4) is 0 Å². The van der Waals surface area contributed by atoms with Crippen LogP contribution in [0.4, 0.5) is 13.2 Å². The van der Waals surface area contributed by atoms with Crippen molar-refractivity contribution in [2.24, 2.45) is 0 Å². The van der Waals surface area contributed by atoms with Crippen LogP contribution in [0.1, 0.15) is 11.1 Å². The van der Waals surface area contributed by atoms with Crippen molar-refractivity contribution in [2.75, 3.05) is 0 Å². The molecule has 0 unspecified atom stereocenters. The van der Waals surface area contributed by atoms with Gasteiger partial charge in [0.15, 0.2) is 0 Å². The molecule has 0 N–H and O–H groups in total. The van der Waals surface area contributed by atoms with Gasteiger partial charge in [-0.25, -0.2) is 0 Å². The van der Waals surface area contributed by atoms with Crippen molar-refractivity contribution < 1.29 is 13.2 Å².